The Kier molecular flexibility index (Phi) is 1.62. The highest BCUT2D eigenvalue weighted by Gasteiger charge is 2.18. The van der Waals surface area contributed by atoms with E-state index in [0.717, 1.165) is 11.5 Å². The van der Waals surface area contributed by atoms with Crippen molar-refractivity contribution in [1.29, 1.82) is 0 Å². The third-order valence-corrected chi connectivity index (χ3v) is 2.26. The van der Waals surface area contributed by atoms with E-state index >= 15 is 0 Å². The predicted octanol–water partition coefficient (Wildman–Crippen LogP) is -0.230. The molecular formula is C4H8N2OS. The number of hydrogen-bond donors (Lipinski definition) is 2. The molecule has 1 rings (SSSR count). The number of amides is 2. The average molecular weight is 132 g/mol. The molecule has 3 N–H and O–H groups in total. The number of carbonyl (C=O) groups is 1. The molecule has 8 heavy (non-hydrogen) atoms. The van der Waals surface area contributed by atoms with Gasteiger partial charge in [-0.2, -0.15) is 11.8 Å². The van der Waals surface area contributed by atoms with Gasteiger partial charge in [0.1, 0.15) is 0 Å². The summed E-state index contributed by atoms with van der Waals surface area (Å²) in [5, 5.41) is 2.60. The van der Waals surface area contributed by atoms with Gasteiger partial charge in [-0.25, -0.2) is 4.79 Å². The van der Waals surface area contributed by atoms with E-state index in [2.05, 4.69) is 5.32 Å². The lowest BCUT2D eigenvalue weighted by Crippen LogP contribution is -2.46. The maximum atomic E-state index is 10.1. The van der Waals surface area contributed by atoms with E-state index in [1.807, 2.05) is 11.8 Å². The number of nitrogens with two attached hydrogens (primary N) is 1. The van der Waals surface area contributed by atoms with Crippen molar-refractivity contribution in [3.63, 3.8) is 0 Å². The van der Waals surface area contributed by atoms with Crippen LogP contribution in [0.5, 0.6) is 0 Å². The lowest BCUT2D eigenvalue weighted by Gasteiger charge is -2.24. The second-order valence-corrected chi connectivity index (χ2v) is 2.82. The molecule has 1 saturated heterocycles. The zero-order valence-corrected chi connectivity index (χ0v) is 5.20. The summed E-state index contributed by atoms with van der Waals surface area (Å²) >= 11 is 1.82. The van der Waals surface area contributed by atoms with Crippen LogP contribution in [-0.2, 0) is 0 Å². The van der Waals surface area contributed by atoms with Crippen LogP contribution < -0.4 is 11.1 Å². The van der Waals surface area contributed by atoms with Crippen LogP contribution in [0.3, 0.4) is 0 Å². The predicted molar refractivity (Wildman–Crippen MR) is 33.8 cm³/mol. The lowest BCUT2D eigenvalue weighted by atomic mass is 10.4. The van der Waals surface area contributed by atoms with E-state index in [9.17, 15) is 4.79 Å². The summed E-state index contributed by atoms with van der Waals surface area (Å²) in [6.07, 6.45) is 0. The maximum Gasteiger partial charge on any atom is 0.312 e. The third kappa shape index (κ3) is 1.30. The molecule has 0 aromatic rings. The van der Waals surface area contributed by atoms with Crippen LogP contribution >= 0.6 is 11.8 Å². The molecule has 0 saturated carbocycles. The van der Waals surface area contributed by atoms with Crippen molar-refractivity contribution in [3.05, 3.63) is 0 Å². The first-order valence-electron chi connectivity index (χ1n) is 2.43. The van der Waals surface area contributed by atoms with Gasteiger partial charge < -0.3 is 11.1 Å². The fraction of sp³-hybridized carbons (Fsp3) is 0.750. The molecular weight excluding hydrogens is 124 g/mol. The minimum atomic E-state index is -0.407. The first kappa shape index (κ1) is 5.75. The van der Waals surface area contributed by atoms with Crippen LogP contribution in [0.25, 0.3) is 0 Å². The summed E-state index contributed by atoms with van der Waals surface area (Å²) in [5.41, 5.74) is 4.84. The number of hydrogen-bond acceptors (Lipinski definition) is 2. The van der Waals surface area contributed by atoms with Crippen molar-refractivity contribution < 1.29 is 4.79 Å². The molecule has 0 unspecified atom stereocenters. The molecule has 0 spiro atoms. The standard InChI is InChI=1S/C4H8N2OS/c5-4(7)6-3-1-8-2-3/h3H,1-2H2,(H3,5,6,7). The number of nitrogens with one attached hydrogen (secondary N) is 1. The molecule has 3 nitrogen and oxygen atoms in total. The van der Waals surface area contributed by atoms with Crippen molar-refractivity contribution in [2.45, 2.75) is 6.04 Å². The minimum Gasteiger partial charge on any atom is -0.352 e. The molecule has 0 radical (unpaired) electrons. The fourth-order valence-electron chi connectivity index (χ4n) is 0.520. The summed E-state index contributed by atoms with van der Waals surface area (Å²) in [6.45, 7) is 0. The normalized spacial score (nSPS) is 19.5. The Morgan fingerprint density at radius 1 is 1.75 bits per heavy atom. The molecule has 0 atom stereocenters. The van der Waals surface area contributed by atoms with E-state index in [1.165, 1.54) is 0 Å². The zero-order valence-electron chi connectivity index (χ0n) is 4.39. The van der Waals surface area contributed by atoms with Gasteiger partial charge in [0.15, 0.2) is 0 Å². The van der Waals surface area contributed by atoms with E-state index in [4.69, 9.17) is 5.73 Å². The first-order valence-corrected chi connectivity index (χ1v) is 3.58. The van der Waals surface area contributed by atoms with E-state index < -0.39 is 6.03 Å². The summed E-state index contributed by atoms with van der Waals surface area (Å²) in [4.78, 5) is 10.1. The Morgan fingerprint density at radius 2 is 2.38 bits per heavy atom. The van der Waals surface area contributed by atoms with Gasteiger partial charge in [-0.05, 0) is 0 Å². The van der Waals surface area contributed by atoms with Gasteiger partial charge >= 0.3 is 6.03 Å². The van der Waals surface area contributed by atoms with Gasteiger partial charge in [0, 0.05) is 17.5 Å². The fourth-order valence-corrected chi connectivity index (χ4v) is 1.16. The number of urea groups is 1. The molecule has 0 aromatic heterocycles. The molecule has 1 fully saturated rings. The largest absolute Gasteiger partial charge is 0.352 e. The highest BCUT2D eigenvalue weighted by molar-refractivity contribution is 8.00. The third-order valence-electron chi connectivity index (χ3n) is 0.984. The van der Waals surface area contributed by atoms with E-state index in [-0.39, 0.29) is 0 Å². The Bertz CT molecular complexity index is 102. The van der Waals surface area contributed by atoms with Crippen LogP contribution in [0.2, 0.25) is 0 Å². The van der Waals surface area contributed by atoms with Crippen LogP contribution in [0, 0.1) is 0 Å². The van der Waals surface area contributed by atoms with Crippen molar-refractivity contribution in [2.75, 3.05) is 11.5 Å². The Labute approximate surface area is 52.0 Å². The van der Waals surface area contributed by atoms with Crippen molar-refractivity contribution in [1.82, 2.24) is 5.32 Å². The Morgan fingerprint density at radius 3 is 2.50 bits per heavy atom. The van der Waals surface area contributed by atoms with Crippen LogP contribution in [-0.4, -0.2) is 23.6 Å². The molecule has 46 valence electrons. The quantitative estimate of drug-likeness (QED) is 0.518. The van der Waals surface area contributed by atoms with E-state index in [0.29, 0.717) is 6.04 Å². The summed E-state index contributed by atoms with van der Waals surface area (Å²) < 4.78 is 0. The maximum absolute atomic E-state index is 10.1. The zero-order chi connectivity index (χ0) is 5.98. The monoisotopic (exact) mass is 132 g/mol. The molecule has 2 amide bonds. The SMILES string of the molecule is NC(=O)NC1CSC1. The van der Waals surface area contributed by atoms with Gasteiger partial charge in [-0.1, -0.05) is 0 Å². The molecule has 4 heteroatoms. The second kappa shape index (κ2) is 2.26. The number of carbonyl (C=O) groups excluding carboxylic acids is 1. The van der Waals surface area contributed by atoms with Crippen molar-refractivity contribution >= 4 is 17.8 Å². The Balaban J connectivity index is 2.09. The molecule has 0 bridgehead atoms. The van der Waals surface area contributed by atoms with Gasteiger partial charge in [-0.3, -0.25) is 0 Å². The van der Waals surface area contributed by atoms with Gasteiger partial charge in [-0.15, -0.1) is 0 Å². The minimum absolute atomic E-state index is 0.345. The lowest BCUT2D eigenvalue weighted by molar-refractivity contribution is 0.246. The molecule has 1 aliphatic rings. The van der Waals surface area contributed by atoms with Crippen LogP contribution in [0.1, 0.15) is 0 Å². The van der Waals surface area contributed by atoms with Crippen molar-refractivity contribution in [3.8, 4) is 0 Å². The van der Waals surface area contributed by atoms with Gasteiger partial charge in [0.25, 0.3) is 0 Å². The van der Waals surface area contributed by atoms with Crippen LogP contribution in [0.4, 0.5) is 4.79 Å². The Hall–Kier alpha value is -0.380. The highest BCUT2D eigenvalue weighted by atomic mass is 32.2. The van der Waals surface area contributed by atoms with Gasteiger partial charge in [0.2, 0.25) is 0 Å². The second-order valence-electron chi connectivity index (χ2n) is 1.74. The summed E-state index contributed by atoms with van der Waals surface area (Å²) in [6, 6.07) is -0.0622. The number of primary amides is 1. The smallest absolute Gasteiger partial charge is 0.312 e. The number of rotatable bonds is 1. The number of thioether (sulfide) groups is 1. The summed E-state index contributed by atoms with van der Waals surface area (Å²) in [7, 11) is 0. The van der Waals surface area contributed by atoms with Gasteiger partial charge in [0.05, 0.1) is 0 Å². The molecule has 0 aliphatic carbocycles. The topological polar surface area (TPSA) is 55.1 Å². The summed E-state index contributed by atoms with van der Waals surface area (Å²) in [5.74, 6) is 2.03. The first-order chi connectivity index (χ1) is 3.79. The highest BCUT2D eigenvalue weighted by Crippen LogP contribution is 2.16. The molecule has 1 heterocycles. The van der Waals surface area contributed by atoms with E-state index in [1.54, 1.807) is 0 Å². The van der Waals surface area contributed by atoms with Crippen molar-refractivity contribution in [2.24, 2.45) is 5.73 Å². The molecule has 1 aliphatic heterocycles. The van der Waals surface area contributed by atoms with Crippen LogP contribution in [0.15, 0.2) is 0 Å². The average Bonchev–Trinajstić information content (AvgIpc) is 1.55. The molecule has 0 aromatic carbocycles.